The van der Waals surface area contributed by atoms with Crippen molar-refractivity contribution in [1.82, 2.24) is 19.6 Å². The van der Waals surface area contributed by atoms with Crippen LogP contribution in [0.1, 0.15) is 15.4 Å². The highest BCUT2D eigenvalue weighted by atomic mass is 79.9. The zero-order valence-electron chi connectivity index (χ0n) is 13.5. The van der Waals surface area contributed by atoms with Gasteiger partial charge in [0, 0.05) is 29.3 Å². The first-order valence-electron chi connectivity index (χ1n) is 7.57. The van der Waals surface area contributed by atoms with Gasteiger partial charge in [-0.2, -0.15) is 10.2 Å². The molecule has 3 aromatic heterocycles. The highest BCUT2D eigenvalue weighted by Crippen LogP contribution is 2.30. The van der Waals surface area contributed by atoms with Crippen molar-refractivity contribution in [2.75, 3.05) is 5.32 Å². The maximum atomic E-state index is 12.8. The Morgan fingerprint density at radius 3 is 2.88 bits per heavy atom. The second kappa shape index (κ2) is 6.12. The van der Waals surface area contributed by atoms with E-state index >= 15 is 0 Å². The fraction of sp³-hybridized carbons (Fsp3) is 0.118. The van der Waals surface area contributed by atoms with Crippen LogP contribution in [-0.4, -0.2) is 25.5 Å². The molecule has 0 unspecified atom stereocenters. The number of nitrogens with one attached hydrogen (secondary N) is 1. The quantitative estimate of drug-likeness (QED) is 0.546. The van der Waals surface area contributed by atoms with E-state index in [1.807, 2.05) is 50.5 Å². The Balaban J connectivity index is 1.70. The summed E-state index contributed by atoms with van der Waals surface area (Å²) in [5, 5.41) is 12.6. The van der Waals surface area contributed by atoms with Crippen molar-refractivity contribution in [3.05, 3.63) is 57.8 Å². The number of aryl methyl sites for hydroxylation is 2. The first-order chi connectivity index (χ1) is 12.0. The van der Waals surface area contributed by atoms with E-state index < -0.39 is 0 Å². The van der Waals surface area contributed by atoms with Gasteiger partial charge in [0.1, 0.15) is 4.83 Å². The van der Waals surface area contributed by atoms with Crippen LogP contribution in [0.5, 0.6) is 0 Å². The molecule has 6 nitrogen and oxygen atoms in total. The lowest BCUT2D eigenvalue weighted by atomic mass is 10.2. The largest absolute Gasteiger partial charge is 0.319 e. The summed E-state index contributed by atoms with van der Waals surface area (Å²) in [4.78, 5) is 14.4. The van der Waals surface area contributed by atoms with E-state index in [1.165, 1.54) is 11.3 Å². The van der Waals surface area contributed by atoms with E-state index in [9.17, 15) is 4.79 Å². The third kappa shape index (κ3) is 2.87. The fourth-order valence-corrected chi connectivity index (χ4v) is 4.10. The third-order valence-corrected chi connectivity index (χ3v) is 5.57. The minimum Gasteiger partial charge on any atom is -0.319 e. The van der Waals surface area contributed by atoms with Crippen molar-refractivity contribution < 1.29 is 4.79 Å². The lowest BCUT2D eigenvalue weighted by Crippen LogP contribution is -2.12. The summed E-state index contributed by atoms with van der Waals surface area (Å²) in [7, 11) is 1.89. The van der Waals surface area contributed by atoms with E-state index in [0.717, 1.165) is 26.1 Å². The molecule has 25 heavy (non-hydrogen) atoms. The maximum Gasteiger partial charge on any atom is 0.265 e. The molecule has 0 atom stereocenters. The zero-order valence-corrected chi connectivity index (χ0v) is 15.9. The molecule has 0 spiro atoms. The van der Waals surface area contributed by atoms with Gasteiger partial charge in [-0.15, -0.1) is 11.3 Å². The second-order valence-electron chi connectivity index (χ2n) is 5.60. The Morgan fingerprint density at radius 1 is 1.32 bits per heavy atom. The highest BCUT2D eigenvalue weighted by Gasteiger charge is 2.17. The van der Waals surface area contributed by atoms with Gasteiger partial charge in [0.15, 0.2) is 0 Å². The Labute approximate surface area is 156 Å². The lowest BCUT2D eigenvalue weighted by Gasteiger charge is -2.11. The number of benzene rings is 1. The molecule has 0 fully saturated rings. The van der Waals surface area contributed by atoms with Crippen LogP contribution in [0.25, 0.3) is 15.9 Å². The number of fused-ring (bicyclic) bond motifs is 1. The van der Waals surface area contributed by atoms with Gasteiger partial charge in [-0.25, -0.2) is 4.68 Å². The number of thiophene rings is 1. The summed E-state index contributed by atoms with van der Waals surface area (Å²) in [6, 6.07) is 9.43. The summed E-state index contributed by atoms with van der Waals surface area (Å²) in [6.07, 6.45) is 3.54. The van der Waals surface area contributed by atoms with Gasteiger partial charge in [0.2, 0.25) is 0 Å². The topological polar surface area (TPSA) is 64.7 Å². The van der Waals surface area contributed by atoms with Gasteiger partial charge in [-0.3, -0.25) is 9.48 Å². The van der Waals surface area contributed by atoms with E-state index in [0.29, 0.717) is 10.6 Å². The minimum atomic E-state index is -0.146. The van der Waals surface area contributed by atoms with Crippen molar-refractivity contribution in [3.8, 4) is 5.69 Å². The standard InChI is InChI=1S/C17H14BrN5OS/c1-10-12-9-15(25-17(12)22(2)21-10)16(24)20-13-8-11(18)4-5-14(13)23-7-3-6-19-23/h3-9H,1-2H3,(H,20,24). The predicted molar refractivity (Wildman–Crippen MR) is 103 cm³/mol. The fourth-order valence-electron chi connectivity index (χ4n) is 2.72. The highest BCUT2D eigenvalue weighted by molar-refractivity contribution is 9.10. The first-order valence-corrected chi connectivity index (χ1v) is 9.18. The molecule has 0 saturated carbocycles. The van der Waals surface area contributed by atoms with Crippen molar-refractivity contribution in [2.24, 2.45) is 7.05 Å². The number of carbonyl (C=O) groups is 1. The Hall–Kier alpha value is -2.45. The SMILES string of the molecule is Cc1nn(C)c2sc(C(=O)Nc3cc(Br)ccc3-n3cccn3)cc12. The van der Waals surface area contributed by atoms with Crippen LogP contribution in [0, 0.1) is 6.92 Å². The summed E-state index contributed by atoms with van der Waals surface area (Å²) in [5.41, 5.74) is 2.42. The molecule has 1 N–H and O–H groups in total. The number of nitrogens with zero attached hydrogens (tertiary/aromatic N) is 4. The monoisotopic (exact) mass is 415 g/mol. The van der Waals surface area contributed by atoms with Gasteiger partial charge in [-0.05, 0) is 37.3 Å². The molecular formula is C17H14BrN5OS. The summed E-state index contributed by atoms with van der Waals surface area (Å²) < 4.78 is 4.41. The number of carbonyl (C=O) groups excluding carboxylic acids is 1. The lowest BCUT2D eigenvalue weighted by molar-refractivity contribution is 0.103. The molecule has 4 aromatic rings. The second-order valence-corrected chi connectivity index (χ2v) is 7.55. The van der Waals surface area contributed by atoms with Gasteiger partial charge in [0.25, 0.3) is 5.91 Å². The van der Waals surface area contributed by atoms with Gasteiger partial charge >= 0.3 is 0 Å². The predicted octanol–water partition coefficient (Wildman–Crippen LogP) is 4.14. The smallest absolute Gasteiger partial charge is 0.265 e. The van der Waals surface area contributed by atoms with E-state index in [1.54, 1.807) is 15.6 Å². The van der Waals surface area contributed by atoms with Crippen LogP contribution >= 0.6 is 27.3 Å². The normalized spacial score (nSPS) is 11.2. The number of hydrogen-bond donors (Lipinski definition) is 1. The van der Waals surface area contributed by atoms with Crippen LogP contribution in [0.3, 0.4) is 0 Å². The molecule has 0 aliphatic carbocycles. The molecule has 1 amide bonds. The molecule has 1 aromatic carbocycles. The van der Waals surface area contributed by atoms with E-state index in [2.05, 4.69) is 31.4 Å². The summed E-state index contributed by atoms with van der Waals surface area (Å²) in [5.74, 6) is -0.146. The van der Waals surface area contributed by atoms with Crippen LogP contribution < -0.4 is 5.32 Å². The molecule has 0 bridgehead atoms. The van der Waals surface area contributed by atoms with Crippen molar-refractivity contribution in [1.29, 1.82) is 0 Å². The Bertz CT molecular complexity index is 1050. The molecule has 0 radical (unpaired) electrons. The number of anilines is 1. The number of amides is 1. The summed E-state index contributed by atoms with van der Waals surface area (Å²) >= 11 is 4.89. The number of aromatic nitrogens is 4. The van der Waals surface area contributed by atoms with E-state index in [-0.39, 0.29) is 5.91 Å². The average molecular weight is 416 g/mol. The average Bonchev–Trinajstić information content (AvgIpc) is 3.28. The first kappa shape index (κ1) is 16.0. The van der Waals surface area contributed by atoms with Crippen molar-refractivity contribution in [3.63, 3.8) is 0 Å². The van der Waals surface area contributed by atoms with Gasteiger partial charge in [-0.1, -0.05) is 15.9 Å². The third-order valence-electron chi connectivity index (χ3n) is 3.88. The molecule has 0 aliphatic heterocycles. The van der Waals surface area contributed by atoms with Crippen molar-refractivity contribution in [2.45, 2.75) is 6.92 Å². The van der Waals surface area contributed by atoms with Crippen LogP contribution in [0.4, 0.5) is 5.69 Å². The molecule has 8 heteroatoms. The van der Waals surface area contributed by atoms with Crippen molar-refractivity contribution >= 4 is 49.1 Å². The van der Waals surface area contributed by atoms with Crippen LogP contribution in [-0.2, 0) is 7.05 Å². The van der Waals surface area contributed by atoms with Gasteiger partial charge in [0.05, 0.1) is 21.9 Å². The van der Waals surface area contributed by atoms with Gasteiger partial charge < -0.3 is 5.32 Å². The van der Waals surface area contributed by atoms with Crippen LogP contribution in [0.2, 0.25) is 0 Å². The maximum absolute atomic E-state index is 12.8. The minimum absolute atomic E-state index is 0.146. The Kier molecular flexibility index (Phi) is 3.93. The number of rotatable bonds is 3. The number of halogens is 1. The molecule has 4 rings (SSSR count). The molecule has 126 valence electrons. The number of hydrogen-bond acceptors (Lipinski definition) is 4. The molecular weight excluding hydrogens is 402 g/mol. The molecule has 0 saturated heterocycles. The zero-order chi connectivity index (χ0) is 17.6. The van der Waals surface area contributed by atoms with E-state index in [4.69, 9.17) is 0 Å². The molecule has 3 heterocycles. The Morgan fingerprint density at radius 2 is 2.16 bits per heavy atom. The molecule has 0 aliphatic rings. The summed E-state index contributed by atoms with van der Waals surface area (Å²) in [6.45, 7) is 1.95. The van der Waals surface area contributed by atoms with Crippen LogP contribution in [0.15, 0.2) is 47.2 Å².